The lowest BCUT2D eigenvalue weighted by atomic mass is 10.3. The van der Waals surface area contributed by atoms with Crippen molar-refractivity contribution in [2.75, 3.05) is 42.7 Å². The van der Waals surface area contributed by atoms with Crippen molar-refractivity contribution < 1.29 is 9.59 Å². The first-order valence-electron chi connectivity index (χ1n) is 7.34. The summed E-state index contributed by atoms with van der Waals surface area (Å²) in [6, 6.07) is 0.139. The van der Waals surface area contributed by atoms with E-state index >= 15 is 0 Å². The molecule has 1 aliphatic rings. The number of aromatic nitrogens is 2. The smallest absolute Gasteiger partial charge is 0.237 e. The molecular formula is C13H20ClN5O2S2. The van der Waals surface area contributed by atoms with Crippen LogP contribution in [0.15, 0.2) is 4.34 Å². The van der Waals surface area contributed by atoms with Crippen molar-refractivity contribution in [1.82, 2.24) is 20.4 Å². The maximum Gasteiger partial charge on any atom is 0.237 e. The molecule has 2 rings (SSSR count). The molecule has 0 unspecified atom stereocenters. The maximum absolute atomic E-state index is 11.6. The lowest BCUT2D eigenvalue weighted by Gasteiger charge is -2.33. The van der Waals surface area contributed by atoms with Gasteiger partial charge in [0.2, 0.25) is 16.9 Å². The predicted octanol–water partition coefficient (Wildman–Crippen LogP) is 1.04. The van der Waals surface area contributed by atoms with Crippen LogP contribution in [0.25, 0.3) is 0 Å². The Bertz CT molecular complexity index is 546. The molecule has 10 heteroatoms. The second-order valence-corrected chi connectivity index (χ2v) is 7.81. The first-order valence-corrected chi connectivity index (χ1v) is 9.67. The number of rotatable bonds is 6. The molecule has 1 N–H and O–H groups in total. The fraction of sp³-hybridized carbons (Fsp3) is 0.692. The molecule has 2 heterocycles. The summed E-state index contributed by atoms with van der Waals surface area (Å²) in [5.41, 5.74) is 0. The minimum absolute atomic E-state index is 0.00467. The number of nitrogens with zero attached hydrogens (tertiary/aromatic N) is 4. The van der Waals surface area contributed by atoms with Crippen LogP contribution >= 0.6 is 34.7 Å². The van der Waals surface area contributed by atoms with Gasteiger partial charge in [0, 0.05) is 32.2 Å². The third-order valence-corrected chi connectivity index (χ3v) is 5.54. The minimum atomic E-state index is -0.0315. The SMILES string of the molecule is CC(C)NC(=O)CSc1nnc(N2CCN(C(=O)CCl)CC2)s1. The number of halogens is 1. The summed E-state index contributed by atoms with van der Waals surface area (Å²) in [6.07, 6.45) is 0. The molecular weight excluding hydrogens is 358 g/mol. The first-order chi connectivity index (χ1) is 11.0. The molecule has 7 nitrogen and oxygen atoms in total. The van der Waals surface area contributed by atoms with Crippen LogP contribution in [0.1, 0.15) is 13.8 Å². The molecule has 23 heavy (non-hydrogen) atoms. The van der Waals surface area contributed by atoms with E-state index in [1.807, 2.05) is 13.8 Å². The number of amides is 2. The van der Waals surface area contributed by atoms with Crippen molar-refractivity contribution in [3.63, 3.8) is 0 Å². The summed E-state index contributed by atoms with van der Waals surface area (Å²) in [4.78, 5) is 27.0. The van der Waals surface area contributed by atoms with E-state index in [0.29, 0.717) is 18.8 Å². The van der Waals surface area contributed by atoms with Gasteiger partial charge in [0.1, 0.15) is 5.88 Å². The van der Waals surface area contributed by atoms with Gasteiger partial charge in [0.15, 0.2) is 4.34 Å². The average Bonchev–Trinajstić information content (AvgIpc) is 3.00. The average molecular weight is 378 g/mol. The van der Waals surface area contributed by atoms with Gasteiger partial charge in [-0.05, 0) is 13.8 Å². The third-order valence-electron chi connectivity index (χ3n) is 3.19. The van der Waals surface area contributed by atoms with Gasteiger partial charge in [-0.3, -0.25) is 9.59 Å². The summed E-state index contributed by atoms with van der Waals surface area (Å²) in [5, 5.41) is 12.0. The second-order valence-electron chi connectivity index (χ2n) is 5.36. The van der Waals surface area contributed by atoms with E-state index in [1.165, 1.54) is 23.1 Å². The van der Waals surface area contributed by atoms with E-state index in [9.17, 15) is 9.59 Å². The van der Waals surface area contributed by atoms with E-state index in [4.69, 9.17) is 11.6 Å². The fourth-order valence-electron chi connectivity index (χ4n) is 2.11. The Labute approximate surface area is 148 Å². The van der Waals surface area contributed by atoms with E-state index in [-0.39, 0.29) is 23.7 Å². The number of hydrogen-bond donors (Lipinski definition) is 1. The number of carbonyl (C=O) groups is 2. The summed E-state index contributed by atoms with van der Waals surface area (Å²) in [6.45, 7) is 6.58. The van der Waals surface area contributed by atoms with Gasteiger partial charge in [0.25, 0.3) is 0 Å². The molecule has 0 aromatic carbocycles. The Morgan fingerprint density at radius 1 is 1.30 bits per heavy atom. The topological polar surface area (TPSA) is 78.4 Å². The highest BCUT2D eigenvalue weighted by atomic mass is 35.5. The number of thioether (sulfide) groups is 1. The molecule has 1 aromatic heterocycles. The van der Waals surface area contributed by atoms with Gasteiger partial charge < -0.3 is 15.1 Å². The number of carbonyl (C=O) groups excluding carboxylic acids is 2. The summed E-state index contributed by atoms with van der Waals surface area (Å²) in [7, 11) is 0. The molecule has 2 amide bonds. The molecule has 0 atom stereocenters. The molecule has 0 spiro atoms. The summed E-state index contributed by atoms with van der Waals surface area (Å²) >= 11 is 8.43. The molecule has 1 aromatic rings. The minimum Gasteiger partial charge on any atom is -0.353 e. The molecule has 128 valence electrons. The highest BCUT2D eigenvalue weighted by Gasteiger charge is 2.22. The summed E-state index contributed by atoms with van der Waals surface area (Å²) in [5.74, 6) is 0.328. The summed E-state index contributed by atoms with van der Waals surface area (Å²) < 4.78 is 0.776. The quantitative estimate of drug-likeness (QED) is 0.589. The Morgan fingerprint density at radius 3 is 2.61 bits per heavy atom. The third kappa shape index (κ3) is 5.50. The number of piperazine rings is 1. The van der Waals surface area contributed by atoms with Crippen LogP contribution in [0.5, 0.6) is 0 Å². The Kier molecular flexibility index (Phi) is 6.91. The number of alkyl halides is 1. The van der Waals surface area contributed by atoms with Crippen molar-refractivity contribution in [3.05, 3.63) is 0 Å². The highest BCUT2D eigenvalue weighted by molar-refractivity contribution is 8.01. The van der Waals surface area contributed by atoms with Gasteiger partial charge in [0.05, 0.1) is 5.75 Å². The van der Waals surface area contributed by atoms with Gasteiger partial charge >= 0.3 is 0 Å². The number of hydrogen-bond acceptors (Lipinski definition) is 7. The van der Waals surface area contributed by atoms with E-state index in [0.717, 1.165) is 22.6 Å². The lowest BCUT2D eigenvalue weighted by Crippen LogP contribution is -2.49. The van der Waals surface area contributed by atoms with Crippen LogP contribution in [0.2, 0.25) is 0 Å². The van der Waals surface area contributed by atoms with E-state index in [1.54, 1.807) is 4.90 Å². The molecule has 1 aliphatic heterocycles. The predicted molar refractivity (Wildman–Crippen MR) is 93.4 cm³/mol. The van der Waals surface area contributed by atoms with Gasteiger partial charge in [-0.1, -0.05) is 23.1 Å². The Morgan fingerprint density at radius 2 is 2.00 bits per heavy atom. The van der Waals surface area contributed by atoms with Crippen molar-refractivity contribution >= 4 is 51.6 Å². The largest absolute Gasteiger partial charge is 0.353 e. The molecule has 0 saturated carbocycles. The molecule has 0 radical (unpaired) electrons. The Balaban J connectivity index is 1.81. The number of nitrogens with one attached hydrogen (secondary N) is 1. The highest BCUT2D eigenvalue weighted by Crippen LogP contribution is 2.28. The standard InChI is InChI=1S/C13H20ClN5O2S2/c1-9(2)15-10(20)8-22-13-17-16-12(23-13)19-5-3-18(4-6-19)11(21)7-14/h9H,3-8H2,1-2H3,(H,15,20). The van der Waals surface area contributed by atoms with Gasteiger partial charge in [-0.25, -0.2) is 0 Å². The van der Waals surface area contributed by atoms with Crippen LogP contribution in [0, 0.1) is 0 Å². The molecule has 0 bridgehead atoms. The Hall–Kier alpha value is -1.06. The van der Waals surface area contributed by atoms with Gasteiger partial charge in [-0.15, -0.1) is 21.8 Å². The second kappa shape index (κ2) is 8.70. The first kappa shape index (κ1) is 18.3. The zero-order valence-electron chi connectivity index (χ0n) is 13.1. The number of anilines is 1. The normalized spacial score (nSPS) is 15.1. The van der Waals surface area contributed by atoms with Crippen LogP contribution in [-0.4, -0.2) is 70.8 Å². The molecule has 1 fully saturated rings. The molecule has 1 saturated heterocycles. The van der Waals surface area contributed by atoms with E-state index < -0.39 is 0 Å². The zero-order valence-corrected chi connectivity index (χ0v) is 15.5. The van der Waals surface area contributed by atoms with Crippen molar-refractivity contribution in [1.29, 1.82) is 0 Å². The van der Waals surface area contributed by atoms with Crippen molar-refractivity contribution in [2.24, 2.45) is 0 Å². The van der Waals surface area contributed by atoms with Crippen LogP contribution in [0.3, 0.4) is 0 Å². The maximum atomic E-state index is 11.6. The zero-order chi connectivity index (χ0) is 16.8. The molecule has 0 aliphatic carbocycles. The monoisotopic (exact) mass is 377 g/mol. The van der Waals surface area contributed by atoms with Crippen LogP contribution in [0.4, 0.5) is 5.13 Å². The van der Waals surface area contributed by atoms with Gasteiger partial charge in [-0.2, -0.15) is 0 Å². The van der Waals surface area contributed by atoms with Crippen molar-refractivity contribution in [2.45, 2.75) is 24.2 Å². The van der Waals surface area contributed by atoms with E-state index in [2.05, 4.69) is 20.4 Å². The van der Waals surface area contributed by atoms with Crippen LogP contribution in [-0.2, 0) is 9.59 Å². The lowest BCUT2D eigenvalue weighted by molar-refractivity contribution is -0.128. The van der Waals surface area contributed by atoms with Crippen LogP contribution < -0.4 is 10.2 Å². The fourth-order valence-corrected chi connectivity index (χ4v) is 3.98. The van der Waals surface area contributed by atoms with Crippen molar-refractivity contribution in [3.8, 4) is 0 Å².